The van der Waals surface area contributed by atoms with Gasteiger partial charge >= 0.3 is 5.97 Å². The van der Waals surface area contributed by atoms with E-state index in [1.54, 1.807) is 6.92 Å². The molecule has 8 aliphatic rings. The lowest BCUT2D eigenvalue weighted by atomic mass is 9.45. The molecule has 67 heavy (non-hydrogen) atoms. The number of hydrogen-bond donors (Lipinski definition) is 8. The van der Waals surface area contributed by atoms with Crippen molar-refractivity contribution >= 4 is 17.5 Å². The Labute approximate surface area is 397 Å². The molecule has 12 heteroatoms. The highest BCUT2D eigenvalue weighted by Crippen LogP contribution is 2.71. The second-order valence-electron chi connectivity index (χ2n) is 23.8. The lowest BCUT2D eigenvalue weighted by molar-refractivity contribution is -0.183. The van der Waals surface area contributed by atoms with Crippen LogP contribution >= 0.6 is 0 Å². The molecule has 0 amide bonds. The van der Waals surface area contributed by atoms with E-state index in [0.29, 0.717) is 43.1 Å². The Hall–Kier alpha value is -3.31. The Bertz CT molecular complexity index is 2210. The van der Waals surface area contributed by atoms with Gasteiger partial charge in [0, 0.05) is 47.9 Å². The van der Waals surface area contributed by atoms with Crippen molar-refractivity contribution < 1.29 is 49.8 Å². The van der Waals surface area contributed by atoms with Crippen LogP contribution in [0.3, 0.4) is 0 Å². The molecule has 0 bridgehead atoms. The smallest absolute Gasteiger partial charge is 0.314 e. The summed E-state index contributed by atoms with van der Waals surface area (Å²) in [5.41, 5.74) is -2.47. The van der Waals surface area contributed by atoms with Crippen LogP contribution < -0.4 is 5.32 Å². The highest BCUT2D eigenvalue weighted by Gasteiger charge is 2.73. The van der Waals surface area contributed by atoms with E-state index in [4.69, 9.17) is 4.74 Å². The molecule has 4 saturated carbocycles. The summed E-state index contributed by atoms with van der Waals surface area (Å²) in [5.74, 6) is 4.65. The van der Waals surface area contributed by atoms with E-state index < -0.39 is 82.6 Å². The molecular formula is C55H78N2O10. The normalized spacial score (nSPS) is 47.9. The third kappa shape index (κ3) is 7.74. The lowest BCUT2D eigenvalue weighted by Crippen LogP contribution is -2.65. The first-order valence-electron chi connectivity index (χ1n) is 25.9. The van der Waals surface area contributed by atoms with Crippen molar-refractivity contribution in [3.05, 3.63) is 46.9 Å². The molecule has 8 N–H and O–H groups in total. The second kappa shape index (κ2) is 17.8. The molecule has 1 aliphatic heterocycles. The van der Waals surface area contributed by atoms with Gasteiger partial charge < -0.3 is 45.7 Å². The highest BCUT2D eigenvalue weighted by molar-refractivity contribution is 6.00. The predicted octanol–water partition coefficient (Wildman–Crippen LogP) is 5.90. The highest BCUT2D eigenvalue weighted by atomic mass is 16.6. The predicted molar refractivity (Wildman–Crippen MR) is 251 cm³/mol. The number of Topliss-reactive ketones (excluding diaryl/α,β-unsaturated/α-hetero) is 2. The van der Waals surface area contributed by atoms with Gasteiger partial charge in [0.25, 0.3) is 0 Å². The molecule has 2 heterocycles. The van der Waals surface area contributed by atoms with E-state index in [-0.39, 0.29) is 84.6 Å². The van der Waals surface area contributed by atoms with Gasteiger partial charge in [-0.25, -0.2) is 0 Å². The van der Waals surface area contributed by atoms with Gasteiger partial charge in [-0.2, -0.15) is 0 Å². The summed E-state index contributed by atoms with van der Waals surface area (Å²) in [6.07, 6.45) is 9.93. The molecule has 0 radical (unpaired) electrons. The Kier molecular flexibility index (Phi) is 13.0. The first kappa shape index (κ1) is 48.7. The number of fused-ring (bicyclic) bond motifs is 10. The molecule has 5 fully saturated rings. The number of hydrogen-bond acceptors (Lipinski definition) is 11. The van der Waals surface area contributed by atoms with Crippen LogP contribution in [0.5, 0.6) is 0 Å². The van der Waals surface area contributed by atoms with Gasteiger partial charge in [-0.1, -0.05) is 52.2 Å². The Morgan fingerprint density at radius 2 is 1.76 bits per heavy atom. The monoisotopic (exact) mass is 927 g/mol. The molecule has 9 rings (SSSR count). The average Bonchev–Trinajstić information content (AvgIpc) is 3.98. The molecular weight excluding hydrogens is 849 g/mol. The van der Waals surface area contributed by atoms with Crippen molar-refractivity contribution in [3.63, 3.8) is 0 Å². The summed E-state index contributed by atoms with van der Waals surface area (Å²) in [5, 5.41) is 75.5. The minimum Gasteiger partial charge on any atom is -0.462 e. The van der Waals surface area contributed by atoms with Crippen LogP contribution in [0.4, 0.5) is 0 Å². The summed E-state index contributed by atoms with van der Waals surface area (Å²) in [4.78, 5) is 45.1. The molecule has 7 aliphatic carbocycles. The van der Waals surface area contributed by atoms with Gasteiger partial charge in [0.05, 0.1) is 47.7 Å². The van der Waals surface area contributed by atoms with Crippen molar-refractivity contribution in [2.45, 2.75) is 180 Å². The molecule has 0 unspecified atom stereocenters. The molecule has 1 aromatic heterocycles. The van der Waals surface area contributed by atoms with Crippen molar-refractivity contribution in [2.24, 2.45) is 75.9 Å². The number of H-pyrrole nitrogens is 1. The van der Waals surface area contributed by atoms with E-state index >= 15 is 4.79 Å². The number of aliphatic hydroxyl groups excluding tert-OH is 4. The standard InChI is InChI=1S/C55H78N2O10/c1-8-43-45(46(51(64)67-43)34-17-19-56-26-34)32-10-9-11-33-24-55(66)47-38(52(5)25-42(61)41(60)23-39(52)49(63)48(47)57-40(27-58)30(4)59)16-18-53(55,6)50(33)54(7,65)44(62)21-29(3)35-15-14-31-13-12-28(2)20-36(31)37(35)22-32/h14,17,19,26,28-29,32-33,35-46,50,56-58,60-62,65-66H,8,11-13,15-16,18,20-25,27H2,1-7H3/t28-,29+,32-,33-,35-,36+,37+,38-,39-,40-,41+,42-,43-,44+,45-,46+,50-,52+,53+,54-,55+/m0/s1. The number of carbonyl (C=O) groups is 3. The molecule has 21 atom stereocenters. The van der Waals surface area contributed by atoms with Crippen LogP contribution in [0.25, 0.3) is 0 Å². The van der Waals surface area contributed by atoms with Gasteiger partial charge in [0.1, 0.15) is 12.1 Å². The van der Waals surface area contributed by atoms with Gasteiger partial charge in [-0.05, 0) is 155 Å². The van der Waals surface area contributed by atoms with Crippen molar-refractivity contribution in [1.29, 1.82) is 0 Å². The Balaban J connectivity index is 1.19. The summed E-state index contributed by atoms with van der Waals surface area (Å²) in [7, 11) is 0. The first-order valence-corrected chi connectivity index (χ1v) is 25.9. The molecule has 368 valence electrons. The molecule has 1 saturated heterocycles. The van der Waals surface area contributed by atoms with E-state index in [0.717, 1.165) is 31.2 Å². The van der Waals surface area contributed by atoms with Crippen LogP contribution in [0.1, 0.15) is 143 Å². The zero-order valence-electron chi connectivity index (χ0n) is 40.8. The molecule has 12 nitrogen and oxygen atoms in total. The number of aromatic amines is 1. The van der Waals surface area contributed by atoms with E-state index in [2.05, 4.69) is 49.0 Å². The van der Waals surface area contributed by atoms with Gasteiger partial charge in [-0.3, -0.25) is 14.4 Å². The maximum Gasteiger partial charge on any atom is 0.314 e. The Morgan fingerprint density at radius 3 is 2.45 bits per heavy atom. The van der Waals surface area contributed by atoms with Gasteiger partial charge in [-0.15, -0.1) is 5.92 Å². The summed E-state index contributed by atoms with van der Waals surface area (Å²) >= 11 is 0. The van der Waals surface area contributed by atoms with E-state index in [1.807, 2.05) is 32.3 Å². The Morgan fingerprint density at radius 1 is 1.00 bits per heavy atom. The number of nitrogens with one attached hydrogen (secondary N) is 2. The van der Waals surface area contributed by atoms with E-state index in [9.17, 15) is 40.2 Å². The lowest BCUT2D eigenvalue weighted by Gasteiger charge is -2.61. The fraction of sp³-hybridized carbons (Fsp3) is 0.764. The maximum absolute atomic E-state index is 15.0. The summed E-state index contributed by atoms with van der Waals surface area (Å²) in [6.45, 7) is 13.1. The number of rotatable bonds is 7. The molecule has 0 aromatic carbocycles. The van der Waals surface area contributed by atoms with Crippen LogP contribution in [0.2, 0.25) is 0 Å². The fourth-order valence-electron chi connectivity index (χ4n) is 16.7. The minimum atomic E-state index is -1.74. The SMILES string of the molecule is CC[C@@H]1OC(=O)[C@H](c2cc[nH]c2)[C@H]1[C@H]1C#CC[C@H]2C[C@@]3(O)C4=C(N[C@@H](CO)C(C)=O)C(=O)[C@@H]5C[C@@H](O)[C@@H](O)C[C@]5(C)[C@H]4CC[C@]3(C)[C@H]2[C@@](C)(O)[C@H](O)C[C@@H](C)[C@@H]2CC=C3CC[C@H](C)C[C@H]3[C@@H]2C1. The third-order valence-electron chi connectivity index (χ3n) is 20.2. The topological polar surface area (TPSA) is 210 Å². The number of allylic oxidation sites excluding steroid dienone is 3. The minimum absolute atomic E-state index is 0.00323. The number of aliphatic hydroxyl groups is 6. The van der Waals surface area contributed by atoms with Crippen LogP contribution in [0, 0.1) is 87.8 Å². The van der Waals surface area contributed by atoms with Crippen LogP contribution in [-0.2, 0) is 19.1 Å². The van der Waals surface area contributed by atoms with Gasteiger partial charge in [0.2, 0.25) is 0 Å². The number of esters is 1. The summed E-state index contributed by atoms with van der Waals surface area (Å²) in [6, 6.07) is 0.841. The third-order valence-corrected chi connectivity index (χ3v) is 20.2. The fourth-order valence-corrected chi connectivity index (χ4v) is 16.7. The second-order valence-corrected chi connectivity index (χ2v) is 23.8. The quantitative estimate of drug-likeness (QED) is 0.0918. The van der Waals surface area contributed by atoms with Crippen LogP contribution in [-0.4, -0.2) is 101 Å². The van der Waals surface area contributed by atoms with Crippen LogP contribution in [0.15, 0.2) is 41.4 Å². The first-order chi connectivity index (χ1) is 31.7. The van der Waals surface area contributed by atoms with Crippen molar-refractivity contribution in [3.8, 4) is 11.8 Å². The largest absolute Gasteiger partial charge is 0.462 e. The zero-order valence-corrected chi connectivity index (χ0v) is 40.8. The van der Waals surface area contributed by atoms with Gasteiger partial charge in [0.15, 0.2) is 11.6 Å². The molecule has 1 aromatic rings. The average molecular weight is 927 g/mol. The number of cyclic esters (lactones) is 1. The summed E-state index contributed by atoms with van der Waals surface area (Å²) < 4.78 is 6.23. The zero-order chi connectivity index (χ0) is 48.1. The number of carbonyl (C=O) groups excluding carboxylic acids is 3. The number of ether oxygens (including phenoxy) is 1. The van der Waals surface area contributed by atoms with Crippen molar-refractivity contribution in [1.82, 2.24) is 10.3 Å². The number of aromatic nitrogens is 1. The van der Waals surface area contributed by atoms with Crippen molar-refractivity contribution in [2.75, 3.05) is 6.61 Å². The number of ketones is 2. The maximum atomic E-state index is 15.0. The van der Waals surface area contributed by atoms with E-state index in [1.165, 1.54) is 18.9 Å². The molecule has 0 spiro atoms.